The maximum absolute atomic E-state index is 12.3. The SMILES string of the molecule is CN(Cc1ncc[nH]1)C(=O)c1ncccc1C#CCO. The molecule has 6 nitrogen and oxygen atoms in total. The minimum Gasteiger partial charge on any atom is -0.384 e. The Bertz CT molecular complexity index is 641. The number of aromatic nitrogens is 3. The highest BCUT2D eigenvalue weighted by atomic mass is 16.2. The first kappa shape index (κ1) is 13.8. The minimum atomic E-state index is -0.259. The maximum Gasteiger partial charge on any atom is 0.273 e. The molecule has 2 aromatic rings. The smallest absolute Gasteiger partial charge is 0.273 e. The molecule has 0 spiro atoms. The zero-order chi connectivity index (χ0) is 14.4. The van der Waals surface area contributed by atoms with E-state index in [1.165, 1.54) is 11.1 Å². The van der Waals surface area contributed by atoms with E-state index in [1.807, 2.05) is 0 Å². The van der Waals surface area contributed by atoms with Crippen molar-refractivity contribution in [3.05, 3.63) is 47.8 Å². The van der Waals surface area contributed by atoms with Gasteiger partial charge in [0, 0.05) is 25.6 Å². The molecule has 0 bridgehead atoms. The van der Waals surface area contributed by atoms with E-state index in [0.29, 0.717) is 17.9 Å². The Morgan fingerprint density at radius 3 is 3.00 bits per heavy atom. The quantitative estimate of drug-likeness (QED) is 0.792. The third-order valence-electron chi connectivity index (χ3n) is 2.60. The summed E-state index contributed by atoms with van der Waals surface area (Å²) in [6.07, 6.45) is 4.87. The lowest BCUT2D eigenvalue weighted by molar-refractivity contribution is 0.0775. The highest BCUT2D eigenvalue weighted by Gasteiger charge is 2.17. The van der Waals surface area contributed by atoms with Crippen LogP contribution in [0.1, 0.15) is 21.9 Å². The molecule has 0 atom stereocenters. The summed E-state index contributed by atoms with van der Waals surface area (Å²) in [5, 5.41) is 8.74. The van der Waals surface area contributed by atoms with Gasteiger partial charge in [-0.3, -0.25) is 4.79 Å². The summed E-state index contributed by atoms with van der Waals surface area (Å²) in [6.45, 7) is 0.0973. The van der Waals surface area contributed by atoms with Gasteiger partial charge in [-0.05, 0) is 12.1 Å². The summed E-state index contributed by atoms with van der Waals surface area (Å²) in [7, 11) is 1.67. The summed E-state index contributed by atoms with van der Waals surface area (Å²) >= 11 is 0. The van der Waals surface area contributed by atoms with Crippen LogP contribution in [-0.4, -0.2) is 44.5 Å². The van der Waals surface area contributed by atoms with Gasteiger partial charge in [-0.15, -0.1) is 0 Å². The van der Waals surface area contributed by atoms with Crippen LogP contribution in [-0.2, 0) is 6.54 Å². The lowest BCUT2D eigenvalue weighted by Gasteiger charge is -2.15. The second-order valence-corrected chi connectivity index (χ2v) is 4.06. The first-order valence-electron chi connectivity index (χ1n) is 6.01. The molecule has 20 heavy (non-hydrogen) atoms. The van der Waals surface area contributed by atoms with Crippen LogP contribution in [0.5, 0.6) is 0 Å². The molecule has 2 heterocycles. The summed E-state index contributed by atoms with van der Waals surface area (Å²) in [5.74, 6) is 5.69. The number of nitrogens with zero attached hydrogens (tertiary/aromatic N) is 3. The molecule has 0 aliphatic heterocycles. The van der Waals surface area contributed by atoms with Crippen LogP contribution in [0.2, 0.25) is 0 Å². The molecule has 2 N–H and O–H groups in total. The number of rotatable bonds is 3. The summed E-state index contributed by atoms with van der Waals surface area (Å²) in [4.78, 5) is 24.9. The lowest BCUT2D eigenvalue weighted by Crippen LogP contribution is -2.28. The van der Waals surface area contributed by atoms with Gasteiger partial charge in [0.1, 0.15) is 18.1 Å². The Morgan fingerprint density at radius 1 is 1.45 bits per heavy atom. The van der Waals surface area contributed by atoms with E-state index in [0.717, 1.165) is 0 Å². The van der Waals surface area contributed by atoms with E-state index < -0.39 is 0 Å². The second kappa shape index (κ2) is 6.50. The summed E-state index contributed by atoms with van der Waals surface area (Å²) in [6, 6.07) is 3.40. The molecule has 6 heteroatoms. The predicted octanol–water partition coefficient (Wildman–Crippen LogP) is 0.421. The van der Waals surface area contributed by atoms with Crippen LogP contribution in [0.3, 0.4) is 0 Å². The van der Waals surface area contributed by atoms with E-state index in [1.54, 1.807) is 31.6 Å². The third-order valence-corrected chi connectivity index (χ3v) is 2.60. The van der Waals surface area contributed by atoms with Crippen LogP contribution in [0, 0.1) is 11.8 Å². The second-order valence-electron chi connectivity index (χ2n) is 4.06. The van der Waals surface area contributed by atoms with Crippen molar-refractivity contribution in [2.24, 2.45) is 0 Å². The molecule has 2 rings (SSSR count). The molecule has 102 valence electrons. The number of hydrogen-bond donors (Lipinski definition) is 2. The van der Waals surface area contributed by atoms with Crippen molar-refractivity contribution in [3.8, 4) is 11.8 Å². The number of pyridine rings is 1. The summed E-state index contributed by atoms with van der Waals surface area (Å²) < 4.78 is 0. The average molecular weight is 270 g/mol. The van der Waals surface area contributed by atoms with Gasteiger partial charge >= 0.3 is 0 Å². The Labute approximate surface area is 116 Å². The normalized spacial score (nSPS) is 9.70. The van der Waals surface area contributed by atoms with Crippen LogP contribution in [0.25, 0.3) is 0 Å². The monoisotopic (exact) mass is 270 g/mol. The number of aliphatic hydroxyl groups is 1. The van der Waals surface area contributed by atoms with Crippen molar-refractivity contribution in [3.63, 3.8) is 0 Å². The van der Waals surface area contributed by atoms with Crippen LogP contribution < -0.4 is 0 Å². The number of aliphatic hydroxyl groups excluding tert-OH is 1. The number of carbonyl (C=O) groups is 1. The van der Waals surface area contributed by atoms with Gasteiger partial charge < -0.3 is 15.0 Å². The van der Waals surface area contributed by atoms with Gasteiger partial charge in [0.05, 0.1) is 12.1 Å². The van der Waals surface area contributed by atoms with Gasteiger partial charge in [-0.2, -0.15) is 0 Å². The van der Waals surface area contributed by atoms with Crippen molar-refractivity contribution >= 4 is 5.91 Å². The Hall–Kier alpha value is -2.65. The van der Waals surface area contributed by atoms with E-state index >= 15 is 0 Å². The number of imidazole rings is 1. The Kier molecular flexibility index (Phi) is 4.47. The van der Waals surface area contributed by atoms with E-state index in [9.17, 15) is 4.79 Å². The van der Waals surface area contributed by atoms with Crippen molar-refractivity contribution < 1.29 is 9.90 Å². The number of aromatic amines is 1. The molecule has 0 aliphatic rings. The van der Waals surface area contributed by atoms with Crippen LogP contribution in [0.15, 0.2) is 30.7 Å². The van der Waals surface area contributed by atoms with Crippen LogP contribution >= 0.6 is 0 Å². The summed E-state index contributed by atoms with van der Waals surface area (Å²) in [5.41, 5.74) is 0.764. The Balaban J connectivity index is 2.20. The van der Waals surface area contributed by atoms with E-state index in [2.05, 4.69) is 26.8 Å². The fourth-order valence-electron chi connectivity index (χ4n) is 1.67. The van der Waals surface area contributed by atoms with Gasteiger partial charge in [0.2, 0.25) is 0 Å². The molecule has 0 aliphatic carbocycles. The lowest BCUT2D eigenvalue weighted by atomic mass is 10.2. The number of nitrogens with one attached hydrogen (secondary N) is 1. The number of amides is 1. The highest BCUT2D eigenvalue weighted by Crippen LogP contribution is 2.08. The molecule has 0 radical (unpaired) electrons. The third kappa shape index (κ3) is 3.22. The van der Waals surface area contributed by atoms with Gasteiger partial charge in [-0.25, -0.2) is 9.97 Å². The first-order valence-corrected chi connectivity index (χ1v) is 6.01. The molecule has 0 unspecified atom stereocenters. The van der Waals surface area contributed by atoms with Crippen molar-refractivity contribution in [1.29, 1.82) is 0 Å². The van der Waals surface area contributed by atoms with Crippen molar-refractivity contribution in [2.45, 2.75) is 6.54 Å². The molecular formula is C14H14N4O2. The molecular weight excluding hydrogens is 256 g/mol. The topological polar surface area (TPSA) is 82.1 Å². The van der Waals surface area contributed by atoms with Crippen molar-refractivity contribution in [1.82, 2.24) is 19.9 Å². The zero-order valence-electron chi connectivity index (χ0n) is 11.0. The fourth-order valence-corrected chi connectivity index (χ4v) is 1.67. The molecule has 0 fully saturated rings. The first-order chi connectivity index (χ1) is 9.72. The highest BCUT2D eigenvalue weighted by molar-refractivity contribution is 5.94. The maximum atomic E-state index is 12.3. The zero-order valence-corrected chi connectivity index (χ0v) is 11.0. The minimum absolute atomic E-state index is 0.246. The number of H-pyrrole nitrogens is 1. The molecule has 2 aromatic heterocycles. The number of hydrogen-bond acceptors (Lipinski definition) is 4. The largest absolute Gasteiger partial charge is 0.384 e. The van der Waals surface area contributed by atoms with Gasteiger partial charge in [-0.1, -0.05) is 11.8 Å². The standard InChI is InChI=1S/C14H14N4O2/c1-18(10-12-15-7-8-16-12)14(20)13-11(5-3-9-19)4-2-6-17-13/h2,4,6-8,19H,9-10H2,1H3,(H,15,16). The van der Waals surface area contributed by atoms with Crippen LogP contribution in [0.4, 0.5) is 0 Å². The fraction of sp³-hybridized carbons (Fsp3) is 0.214. The van der Waals surface area contributed by atoms with Gasteiger partial charge in [0.15, 0.2) is 0 Å². The molecule has 1 amide bonds. The van der Waals surface area contributed by atoms with Gasteiger partial charge in [0.25, 0.3) is 5.91 Å². The Morgan fingerprint density at radius 2 is 2.30 bits per heavy atom. The van der Waals surface area contributed by atoms with E-state index in [4.69, 9.17) is 5.11 Å². The predicted molar refractivity (Wildman–Crippen MR) is 72.6 cm³/mol. The number of carbonyl (C=O) groups excluding carboxylic acids is 1. The van der Waals surface area contributed by atoms with E-state index in [-0.39, 0.29) is 18.2 Å². The molecule has 0 saturated carbocycles. The van der Waals surface area contributed by atoms with Crippen molar-refractivity contribution in [2.75, 3.05) is 13.7 Å². The average Bonchev–Trinajstić information content (AvgIpc) is 2.97. The molecule has 0 aromatic carbocycles. The molecule has 0 saturated heterocycles.